The van der Waals surface area contributed by atoms with Gasteiger partial charge in [-0.05, 0) is 24.3 Å². The minimum atomic E-state index is -2.26. The molecule has 2 aromatic carbocycles. The van der Waals surface area contributed by atoms with Crippen LogP contribution in [0.5, 0.6) is 0 Å². The molecular weight excluding hydrogens is 497 g/mol. The first-order chi connectivity index (χ1) is 18.3. The maximum atomic E-state index is 16.3. The Kier molecular flexibility index (Phi) is 6.74. The first-order valence-electron chi connectivity index (χ1n) is 11.7. The highest BCUT2D eigenvalue weighted by atomic mass is 19.1. The molecule has 2 unspecified atom stereocenters. The average molecular weight is 522 g/mol. The minimum Gasteiger partial charge on any atom is -0.462 e. The number of benzene rings is 2. The zero-order valence-corrected chi connectivity index (χ0v) is 19.9. The topological polar surface area (TPSA) is 163 Å². The molecule has 0 amide bonds. The largest absolute Gasteiger partial charge is 0.462 e. The predicted molar refractivity (Wildman–Crippen MR) is 132 cm³/mol. The number of halogens is 1. The van der Waals surface area contributed by atoms with Gasteiger partial charge < -0.3 is 30.0 Å². The van der Waals surface area contributed by atoms with Crippen LogP contribution in [0.4, 0.5) is 10.2 Å². The standard InChI is InChI=1S/C26H24FN5O6/c27-18-20(38-25(35)16-9-5-2-6-10-16)17(11-37-24(34)15-7-3-1-4-8-15)26(36,12-33)21(18)32-14-31-19-22(28)29-13-30-23(19)32/h1-10,13-14,17-18,20-21,33,36H,11-12H2,(H2,28,29,30)/t17-,18-,20?,21+,26?/m1/s1. The number of nitrogen functional groups attached to an aromatic ring is 1. The number of nitrogens with two attached hydrogens (primary N) is 1. The molecule has 1 aliphatic rings. The molecule has 1 saturated carbocycles. The van der Waals surface area contributed by atoms with Gasteiger partial charge in [0.15, 0.2) is 17.6 Å². The van der Waals surface area contributed by atoms with Crippen molar-refractivity contribution in [2.45, 2.75) is 23.9 Å². The second kappa shape index (κ2) is 10.1. The normalized spacial score (nSPS) is 24.8. The van der Waals surface area contributed by atoms with Gasteiger partial charge in [-0.25, -0.2) is 28.9 Å². The van der Waals surface area contributed by atoms with E-state index in [-0.39, 0.29) is 28.1 Å². The molecule has 196 valence electrons. The highest BCUT2D eigenvalue weighted by Crippen LogP contribution is 2.48. The lowest BCUT2D eigenvalue weighted by molar-refractivity contribution is -0.102. The fourth-order valence-electron chi connectivity index (χ4n) is 4.83. The zero-order chi connectivity index (χ0) is 26.9. The summed E-state index contributed by atoms with van der Waals surface area (Å²) in [6.45, 7) is -1.51. The Morgan fingerprint density at radius 3 is 2.26 bits per heavy atom. The lowest BCUT2D eigenvalue weighted by atomic mass is 9.88. The monoisotopic (exact) mass is 521 g/mol. The molecule has 4 N–H and O–H groups in total. The molecule has 0 saturated heterocycles. The third-order valence-electron chi connectivity index (χ3n) is 6.76. The van der Waals surface area contributed by atoms with Crippen molar-refractivity contribution < 1.29 is 33.7 Å². The van der Waals surface area contributed by atoms with Crippen LogP contribution in [0.3, 0.4) is 0 Å². The number of aromatic nitrogens is 4. The van der Waals surface area contributed by atoms with Crippen molar-refractivity contribution >= 4 is 28.9 Å². The number of aliphatic hydroxyl groups excluding tert-OH is 1. The SMILES string of the molecule is Nc1ncnc2c1ncn2[C@H]1[C@H](F)C(OC(=O)c2ccccc2)[C@@H](COC(=O)c2ccccc2)C1(O)CO. The van der Waals surface area contributed by atoms with Crippen LogP contribution in [0.1, 0.15) is 26.8 Å². The Balaban J connectivity index is 1.53. The Morgan fingerprint density at radius 2 is 1.63 bits per heavy atom. The van der Waals surface area contributed by atoms with E-state index < -0.39 is 55.0 Å². The van der Waals surface area contributed by atoms with Crippen molar-refractivity contribution in [3.8, 4) is 0 Å². The number of anilines is 1. The van der Waals surface area contributed by atoms with Crippen LogP contribution in [-0.2, 0) is 9.47 Å². The number of aliphatic hydroxyl groups is 2. The third-order valence-corrected chi connectivity index (χ3v) is 6.76. The summed E-state index contributed by atoms with van der Waals surface area (Å²) in [6.07, 6.45) is -1.30. The minimum absolute atomic E-state index is 0.0371. The molecule has 5 atom stereocenters. The van der Waals surface area contributed by atoms with Gasteiger partial charge in [-0.2, -0.15) is 0 Å². The first kappa shape index (κ1) is 25.2. The lowest BCUT2D eigenvalue weighted by Gasteiger charge is -2.34. The summed E-state index contributed by atoms with van der Waals surface area (Å²) in [5, 5.41) is 22.1. The fraction of sp³-hybridized carbons (Fsp3) is 0.269. The van der Waals surface area contributed by atoms with E-state index in [1.54, 1.807) is 36.4 Å². The lowest BCUT2D eigenvalue weighted by Crippen LogP contribution is -2.48. The molecule has 0 radical (unpaired) electrons. The van der Waals surface area contributed by atoms with E-state index in [2.05, 4.69) is 15.0 Å². The molecule has 1 aliphatic carbocycles. The maximum absolute atomic E-state index is 16.3. The van der Waals surface area contributed by atoms with Gasteiger partial charge in [0, 0.05) is 0 Å². The van der Waals surface area contributed by atoms with E-state index in [9.17, 15) is 19.8 Å². The second-order valence-corrected chi connectivity index (χ2v) is 8.93. The number of fused-ring (bicyclic) bond motifs is 1. The Bertz CT molecular complexity index is 1450. The van der Waals surface area contributed by atoms with Crippen molar-refractivity contribution in [2.24, 2.45) is 5.92 Å². The summed E-state index contributed by atoms with van der Waals surface area (Å²) < 4.78 is 28.5. The van der Waals surface area contributed by atoms with Gasteiger partial charge >= 0.3 is 11.9 Å². The number of hydrogen-bond acceptors (Lipinski definition) is 10. The summed E-state index contributed by atoms with van der Waals surface area (Å²) in [7, 11) is 0. The molecule has 0 bridgehead atoms. The smallest absolute Gasteiger partial charge is 0.338 e. The van der Waals surface area contributed by atoms with Gasteiger partial charge in [-0.3, -0.25) is 0 Å². The van der Waals surface area contributed by atoms with Gasteiger partial charge in [0.25, 0.3) is 0 Å². The highest BCUT2D eigenvalue weighted by molar-refractivity contribution is 5.90. The van der Waals surface area contributed by atoms with E-state index >= 15 is 4.39 Å². The van der Waals surface area contributed by atoms with Crippen molar-refractivity contribution in [2.75, 3.05) is 18.9 Å². The van der Waals surface area contributed by atoms with Gasteiger partial charge in [-0.1, -0.05) is 36.4 Å². The van der Waals surface area contributed by atoms with Crippen LogP contribution >= 0.6 is 0 Å². The molecule has 5 rings (SSSR count). The van der Waals surface area contributed by atoms with Crippen LogP contribution in [0.25, 0.3) is 11.2 Å². The number of hydrogen-bond donors (Lipinski definition) is 3. The van der Waals surface area contributed by atoms with Crippen LogP contribution < -0.4 is 5.73 Å². The van der Waals surface area contributed by atoms with Crippen molar-refractivity contribution in [1.82, 2.24) is 19.5 Å². The van der Waals surface area contributed by atoms with Crippen molar-refractivity contribution in [1.29, 1.82) is 0 Å². The average Bonchev–Trinajstić information content (AvgIpc) is 3.45. The Hall–Kier alpha value is -4.42. The first-order valence-corrected chi connectivity index (χ1v) is 11.7. The van der Waals surface area contributed by atoms with E-state index in [1.165, 1.54) is 35.2 Å². The van der Waals surface area contributed by atoms with Gasteiger partial charge in [0.1, 0.15) is 36.2 Å². The third kappa shape index (κ3) is 4.33. The summed E-state index contributed by atoms with van der Waals surface area (Å²) in [4.78, 5) is 37.6. The number of rotatable bonds is 7. The Labute approximate surface area is 215 Å². The number of carbonyl (C=O) groups excluding carboxylic acids is 2. The zero-order valence-electron chi connectivity index (χ0n) is 19.9. The summed E-state index contributed by atoms with van der Waals surface area (Å²) >= 11 is 0. The molecule has 4 aromatic rings. The highest BCUT2D eigenvalue weighted by Gasteiger charge is 2.63. The van der Waals surface area contributed by atoms with Crippen molar-refractivity contribution in [3.63, 3.8) is 0 Å². The molecule has 12 heteroatoms. The van der Waals surface area contributed by atoms with Crippen LogP contribution in [-0.4, -0.2) is 72.8 Å². The van der Waals surface area contributed by atoms with Gasteiger partial charge in [0.2, 0.25) is 0 Å². The summed E-state index contributed by atoms with van der Waals surface area (Å²) in [5.74, 6) is -2.90. The number of alkyl halides is 1. The second-order valence-electron chi connectivity index (χ2n) is 8.93. The molecule has 2 aromatic heterocycles. The number of imidazole rings is 1. The number of ether oxygens (including phenoxy) is 2. The fourth-order valence-corrected chi connectivity index (χ4v) is 4.83. The molecule has 11 nitrogen and oxygen atoms in total. The maximum Gasteiger partial charge on any atom is 0.338 e. The Morgan fingerprint density at radius 1 is 1.00 bits per heavy atom. The van der Waals surface area contributed by atoms with Crippen LogP contribution in [0.2, 0.25) is 0 Å². The van der Waals surface area contributed by atoms with E-state index in [0.717, 1.165) is 6.33 Å². The van der Waals surface area contributed by atoms with E-state index in [4.69, 9.17) is 15.2 Å². The van der Waals surface area contributed by atoms with Crippen LogP contribution in [0, 0.1) is 5.92 Å². The molecule has 38 heavy (non-hydrogen) atoms. The molecule has 2 heterocycles. The molecule has 1 fully saturated rings. The van der Waals surface area contributed by atoms with Crippen molar-refractivity contribution in [3.05, 3.63) is 84.4 Å². The number of nitrogens with zero attached hydrogens (tertiary/aromatic N) is 4. The number of esters is 2. The van der Waals surface area contributed by atoms with E-state index in [0.29, 0.717) is 0 Å². The molecular formula is C26H24FN5O6. The van der Waals surface area contributed by atoms with Gasteiger partial charge in [0.05, 0.1) is 30.0 Å². The molecule has 0 aliphatic heterocycles. The summed E-state index contributed by atoms with van der Waals surface area (Å²) in [6, 6.07) is 14.5. The van der Waals surface area contributed by atoms with E-state index in [1.807, 2.05) is 0 Å². The number of carbonyl (C=O) groups is 2. The predicted octanol–water partition coefficient (Wildman–Crippen LogP) is 1.72. The van der Waals surface area contributed by atoms with Crippen LogP contribution in [0.15, 0.2) is 73.3 Å². The van der Waals surface area contributed by atoms with Gasteiger partial charge in [-0.15, -0.1) is 0 Å². The quantitative estimate of drug-likeness (QED) is 0.305. The molecule has 0 spiro atoms. The summed E-state index contributed by atoms with van der Waals surface area (Å²) in [5.41, 5.74) is 4.26.